The first-order valence-corrected chi connectivity index (χ1v) is 6.54. The minimum atomic E-state index is -0.421. The van der Waals surface area contributed by atoms with Gasteiger partial charge in [0.15, 0.2) is 11.5 Å². The van der Waals surface area contributed by atoms with E-state index in [4.69, 9.17) is 13.9 Å². The van der Waals surface area contributed by atoms with E-state index in [9.17, 15) is 4.39 Å². The summed E-state index contributed by atoms with van der Waals surface area (Å²) in [6.45, 7) is 0. The van der Waals surface area contributed by atoms with Crippen molar-refractivity contribution in [3.63, 3.8) is 0 Å². The molecule has 1 heterocycles. The third kappa shape index (κ3) is 2.39. The number of nitrogens with zero attached hydrogens (tertiary/aromatic N) is 2. The Morgan fingerprint density at radius 2 is 1.55 bits per heavy atom. The molecular formula is C16H13FN2O3. The number of benzene rings is 2. The van der Waals surface area contributed by atoms with E-state index in [0.717, 1.165) is 0 Å². The maximum absolute atomic E-state index is 13.8. The minimum Gasteiger partial charge on any atom is -0.493 e. The van der Waals surface area contributed by atoms with E-state index in [-0.39, 0.29) is 17.3 Å². The van der Waals surface area contributed by atoms with Gasteiger partial charge < -0.3 is 13.9 Å². The smallest absolute Gasteiger partial charge is 0.252 e. The third-order valence-electron chi connectivity index (χ3n) is 3.16. The lowest BCUT2D eigenvalue weighted by Gasteiger charge is -2.09. The van der Waals surface area contributed by atoms with Gasteiger partial charge in [0.05, 0.1) is 25.3 Å². The molecule has 0 spiro atoms. The molecule has 0 bridgehead atoms. The molecule has 0 saturated heterocycles. The molecular weight excluding hydrogens is 287 g/mol. The average Bonchev–Trinajstić information content (AvgIpc) is 3.04. The van der Waals surface area contributed by atoms with E-state index >= 15 is 0 Å². The second-order valence-corrected chi connectivity index (χ2v) is 4.43. The Balaban J connectivity index is 2.07. The molecule has 3 rings (SSSR count). The lowest BCUT2D eigenvalue weighted by molar-refractivity contribution is 0.355. The van der Waals surface area contributed by atoms with Gasteiger partial charge in [-0.2, -0.15) is 0 Å². The molecule has 0 unspecified atom stereocenters. The van der Waals surface area contributed by atoms with Gasteiger partial charge in [0, 0.05) is 0 Å². The molecule has 0 atom stereocenters. The lowest BCUT2D eigenvalue weighted by atomic mass is 10.2. The van der Waals surface area contributed by atoms with Crippen molar-refractivity contribution in [2.75, 3.05) is 14.2 Å². The quantitative estimate of drug-likeness (QED) is 0.737. The largest absolute Gasteiger partial charge is 0.493 e. The second kappa shape index (κ2) is 5.85. The van der Waals surface area contributed by atoms with Crippen molar-refractivity contribution in [2.24, 2.45) is 0 Å². The van der Waals surface area contributed by atoms with Crippen molar-refractivity contribution >= 4 is 0 Å². The fraction of sp³-hybridized carbons (Fsp3) is 0.125. The maximum atomic E-state index is 13.8. The van der Waals surface area contributed by atoms with E-state index in [0.29, 0.717) is 17.1 Å². The van der Waals surface area contributed by atoms with E-state index in [1.54, 1.807) is 43.5 Å². The van der Waals surface area contributed by atoms with Crippen LogP contribution < -0.4 is 9.47 Å². The van der Waals surface area contributed by atoms with Crippen LogP contribution in [0, 0.1) is 5.82 Å². The Labute approximate surface area is 126 Å². The summed E-state index contributed by atoms with van der Waals surface area (Å²) in [5.41, 5.74) is 0.833. The molecule has 1 aromatic heterocycles. The summed E-state index contributed by atoms with van der Waals surface area (Å²) in [5, 5.41) is 7.87. The van der Waals surface area contributed by atoms with Gasteiger partial charge in [-0.05, 0) is 24.3 Å². The SMILES string of the molecule is COc1cccc(-c2nnc(-c3ccccc3F)o2)c1OC. The standard InChI is InChI=1S/C16H13FN2O3/c1-20-13-9-5-7-11(14(13)21-2)16-19-18-15(22-16)10-6-3-4-8-12(10)17/h3-9H,1-2H3. The van der Waals surface area contributed by atoms with E-state index in [1.807, 2.05) is 0 Å². The number of methoxy groups -OCH3 is 2. The number of hydrogen-bond donors (Lipinski definition) is 0. The molecule has 6 heteroatoms. The summed E-state index contributed by atoms with van der Waals surface area (Å²) in [6.07, 6.45) is 0. The van der Waals surface area contributed by atoms with Crippen LogP contribution in [0.25, 0.3) is 22.9 Å². The van der Waals surface area contributed by atoms with Gasteiger partial charge in [-0.25, -0.2) is 4.39 Å². The van der Waals surface area contributed by atoms with Gasteiger partial charge in [-0.1, -0.05) is 18.2 Å². The first kappa shape index (κ1) is 14.1. The van der Waals surface area contributed by atoms with Gasteiger partial charge in [0.1, 0.15) is 5.82 Å². The second-order valence-electron chi connectivity index (χ2n) is 4.43. The predicted molar refractivity (Wildman–Crippen MR) is 78.2 cm³/mol. The van der Waals surface area contributed by atoms with Crippen LogP contribution in [0.5, 0.6) is 11.5 Å². The Bertz CT molecular complexity index is 802. The summed E-state index contributed by atoms with van der Waals surface area (Å²) in [6, 6.07) is 11.5. The van der Waals surface area contributed by atoms with E-state index < -0.39 is 5.82 Å². The van der Waals surface area contributed by atoms with Crippen molar-refractivity contribution in [1.82, 2.24) is 10.2 Å². The number of halogens is 1. The van der Waals surface area contributed by atoms with Crippen molar-refractivity contribution < 1.29 is 18.3 Å². The molecule has 0 N–H and O–H groups in total. The molecule has 112 valence electrons. The molecule has 3 aromatic rings. The van der Waals surface area contributed by atoms with Crippen molar-refractivity contribution in [2.45, 2.75) is 0 Å². The highest BCUT2D eigenvalue weighted by Crippen LogP contribution is 2.38. The van der Waals surface area contributed by atoms with Crippen LogP contribution >= 0.6 is 0 Å². The van der Waals surface area contributed by atoms with Crippen molar-refractivity contribution in [3.8, 4) is 34.4 Å². The molecule has 0 saturated carbocycles. The fourth-order valence-electron chi connectivity index (χ4n) is 2.13. The molecule has 0 radical (unpaired) electrons. The Kier molecular flexibility index (Phi) is 3.74. The van der Waals surface area contributed by atoms with E-state index in [2.05, 4.69) is 10.2 Å². The first-order valence-electron chi connectivity index (χ1n) is 6.54. The maximum Gasteiger partial charge on any atom is 0.252 e. The van der Waals surface area contributed by atoms with Gasteiger partial charge in [0.2, 0.25) is 0 Å². The molecule has 0 aliphatic carbocycles. The lowest BCUT2D eigenvalue weighted by Crippen LogP contribution is -1.93. The average molecular weight is 300 g/mol. The van der Waals surface area contributed by atoms with Crippen LogP contribution in [-0.2, 0) is 0 Å². The van der Waals surface area contributed by atoms with Crippen LogP contribution in [0.15, 0.2) is 46.9 Å². The highest BCUT2D eigenvalue weighted by atomic mass is 19.1. The molecule has 22 heavy (non-hydrogen) atoms. The molecule has 0 fully saturated rings. The Morgan fingerprint density at radius 1 is 0.864 bits per heavy atom. The van der Waals surface area contributed by atoms with Crippen molar-refractivity contribution in [3.05, 3.63) is 48.3 Å². The number of ether oxygens (including phenoxy) is 2. The van der Waals surface area contributed by atoms with Crippen LogP contribution in [-0.4, -0.2) is 24.4 Å². The number of para-hydroxylation sites is 1. The zero-order valence-corrected chi connectivity index (χ0v) is 12.0. The summed E-state index contributed by atoms with van der Waals surface area (Å²) < 4.78 is 29.9. The molecule has 0 amide bonds. The fourth-order valence-corrected chi connectivity index (χ4v) is 2.13. The van der Waals surface area contributed by atoms with Crippen LogP contribution in [0.3, 0.4) is 0 Å². The summed E-state index contributed by atoms with van der Waals surface area (Å²) in [7, 11) is 3.07. The molecule has 5 nitrogen and oxygen atoms in total. The number of aromatic nitrogens is 2. The van der Waals surface area contributed by atoms with Gasteiger partial charge >= 0.3 is 0 Å². The van der Waals surface area contributed by atoms with Gasteiger partial charge in [-0.3, -0.25) is 0 Å². The molecule has 2 aromatic carbocycles. The Hall–Kier alpha value is -2.89. The van der Waals surface area contributed by atoms with Crippen LogP contribution in [0.2, 0.25) is 0 Å². The van der Waals surface area contributed by atoms with Crippen molar-refractivity contribution in [1.29, 1.82) is 0 Å². The topological polar surface area (TPSA) is 57.4 Å². The minimum absolute atomic E-state index is 0.109. The Morgan fingerprint density at radius 3 is 2.23 bits per heavy atom. The highest BCUT2D eigenvalue weighted by molar-refractivity contribution is 5.68. The van der Waals surface area contributed by atoms with Gasteiger partial charge in [-0.15, -0.1) is 10.2 Å². The predicted octanol–water partition coefficient (Wildman–Crippen LogP) is 3.56. The summed E-state index contributed by atoms with van der Waals surface area (Å²) >= 11 is 0. The summed E-state index contributed by atoms with van der Waals surface area (Å²) in [4.78, 5) is 0. The third-order valence-corrected chi connectivity index (χ3v) is 3.16. The monoisotopic (exact) mass is 300 g/mol. The van der Waals surface area contributed by atoms with Crippen LogP contribution in [0.4, 0.5) is 4.39 Å². The number of hydrogen-bond acceptors (Lipinski definition) is 5. The molecule has 0 aliphatic heterocycles. The molecule has 0 aliphatic rings. The number of rotatable bonds is 4. The highest BCUT2D eigenvalue weighted by Gasteiger charge is 2.18. The zero-order valence-electron chi connectivity index (χ0n) is 12.0. The first-order chi connectivity index (χ1) is 10.7. The normalized spacial score (nSPS) is 10.5. The van der Waals surface area contributed by atoms with E-state index in [1.165, 1.54) is 13.2 Å². The summed E-state index contributed by atoms with van der Waals surface area (Å²) in [5.74, 6) is 0.946. The van der Waals surface area contributed by atoms with Gasteiger partial charge in [0.25, 0.3) is 11.8 Å². The van der Waals surface area contributed by atoms with Crippen LogP contribution in [0.1, 0.15) is 0 Å². The zero-order chi connectivity index (χ0) is 15.5.